The van der Waals surface area contributed by atoms with Gasteiger partial charge in [-0.05, 0) is 30.3 Å². The molecule has 0 fully saturated rings. The Morgan fingerprint density at radius 3 is 2.50 bits per heavy atom. The first kappa shape index (κ1) is 12.2. The lowest BCUT2D eigenvalue weighted by atomic mass is 10.2. The van der Waals surface area contributed by atoms with Crippen molar-refractivity contribution in [3.05, 3.63) is 53.6 Å². The number of carboxylic acid groups (broad SMARTS) is 1. The summed E-state index contributed by atoms with van der Waals surface area (Å²) in [6.45, 7) is 0. The van der Waals surface area contributed by atoms with Crippen molar-refractivity contribution >= 4 is 17.0 Å². The number of para-hydroxylation sites is 1. The number of halogens is 2. The molecule has 0 radical (unpaired) electrons. The molecule has 3 rings (SSSR count). The van der Waals surface area contributed by atoms with Crippen LogP contribution in [0.4, 0.5) is 8.78 Å². The van der Waals surface area contributed by atoms with E-state index in [0.717, 1.165) is 16.8 Å². The van der Waals surface area contributed by atoms with Gasteiger partial charge in [-0.2, -0.15) is 0 Å². The average molecular weight is 275 g/mol. The molecule has 100 valence electrons. The summed E-state index contributed by atoms with van der Waals surface area (Å²) in [4.78, 5) is 10.9. The number of aromatic nitrogens is 3. The van der Waals surface area contributed by atoms with Gasteiger partial charge in [-0.25, -0.2) is 18.3 Å². The van der Waals surface area contributed by atoms with Gasteiger partial charge in [-0.3, -0.25) is 0 Å². The second-order valence-electron chi connectivity index (χ2n) is 4.08. The number of benzene rings is 2. The van der Waals surface area contributed by atoms with Crippen LogP contribution in [-0.2, 0) is 0 Å². The number of carboxylic acids is 1. The lowest BCUT2D eigenvalue weighted by Gasteiger charge is -2.05. The van der Waals surface area contributed by atoms with Gasteiger partial charge in [0.25, 0.3) is 0 Å². The third-order valence-electron chi connectivity index (χ3n) is 2.84. The number of aromatic carboxylic acids is 1. The van der Waals surface area contributed by atoms with Crippen LogP contribution in [0, 0.1) is 11.6 Å². The third kappa shape index (κ3) is 1.80. The molecular formula is C13H7F2N3O2. The molecule has 0 unspecified atom stereocenters. The summed E-state index contributed by atoms with van der Waals surface area (Å²) in [6, 6.07) is 7.48. The molecule has 0 spiro atoms. The van der Waals surface area contributed by atoms with E-state index in [-0.39, 0.29) is 16.8 Å². The largest absolute Gasteiger partial charge is 0.478 e. The van der Waals surface area contributed by atoms with E-state index in [0.29, 0.717) is 5.52 Å². The highest BCUT2D eigenvalue weighted by Crippen LogP contribution is 2.22. The molecular weight excluding hydrogens is 268 g/mol. The highest BCUT2D eigenvalue weighted by Gasteiger charge is 2.16. The molecule has 0 saturated heterocycles. The van der Waals surface area contributed by atoms with Crippen molar-refractivity contribution in [1.82, 2.24) is 15.0 Å². The van der Waals surface area contributed by atoms with Crippen molar-refractivity contribution < 1.29 is 18.7 Å². The van der Waals surface area contributed by atoms with E-state index in [9.17, 15) is 13.6 Å². The Balaban J connectivity index is 2.26. The molecule has 0 aliphatic carbocycles. The zero-order valence-electron chi connectivity index (χ0n) is 9.92. The maximum absolute atomic E-state index is 13.7. The van der Waals surface area contributed by atoms with E-state index in [4.69, 9.17) is 5.11 Å². The fraction of sp³-hybridized carbons (Fsp3) is 0. The molecule has 0 aliphatic rings. The molecule has 3 aromatic rings. The smallest absolute Gasteiger partial charge is 0.335 e. The third-order valence-corrected chi connectivity index (χ3v) is 2.84. The van der Waals surface area contributed by atoms with Gasteiger partial charge in [0.1, 0.15) is 11.2 Å². The lowest BCUT2D eigenvalue weighted by Crippen LogP contribution is -2.03. The molecule has 0 aliphatic heterocycles. The minimum Gasteiger partial charge on any atom is -0.478 e. The van der Waals surface area contributed by atoms with Gasteiger partial charge in [0.2, 0.25) is 0 Å². The van der Waals surface area contributed by atoms with Crippen LogP contribution in [0.3, 0.4) is 0 Å². The molecule has 0 amide bonds. The van der Waals surface area contributed by atoms with Crippen LogP contribution in [0.5, 0.6) is 0 Å². The molecule has 0 saturated carbocycles. The first-order valence-electron chi connectivity index (χ1n) is 5.61. The van der Waals surface area contributed by atoms with Crippen LogP contribution in [0.1, 0.15) is 10.4 Å². The van der Waals surface area contributed by atoms with Crippen LogP contribution in [-0.4, -0.2) is 26.1 Å². The predicted octanol–water partition coefficient (Wildman–Crippen LogP) is 2.40. The Morgan fingerprint density at radius 2 is 1.85 bits per heavy atom. The van der Waals surface area contributed by atoms with Crippen molar-refractivity contribution in [3.8, 4) is 5.69 Å². The standard InChI is InChI=1S/C13H7F2N3O2/c14-8-2-1-3-9(15)12(8)18-11-5-4-7(13(19)20)6-10(11)16-17-18/h1-6H,(H,19,20). The maximum atomic E-state index is 13.7. The SMILES string of the molecule is O=C(O)c1ccc2c(c1)nnn2-c1c(F)cccc1F. The summed E-state index contributed by atoms with van der Waals surface area (Å²) in [7, 11) is 0. The van der Waals surface area contributed by atoms with Crippen molar-refractivity contribution in [1.29, 1.82) is 0 Å². The lowest BCUT2D eigenvalue weighted by molar-refractivity contribution is 0.0697. The zero-order valence-corrected chi connectivity index (χ0v) is 9.92. The fourth-order valence-electron chi connectivity index (χ4n) is 1.91. The van der Waals surface area contributed by atoms with Gasteiger partial charge in [-0.15, -0.1) is 5.10 Å². The minimum atomic E-state index is -1.11. The topological polar surface area (TPSA) is 68.0 Å². The quantitative estimate of drug-likeness (QED) is 0.779. The monoisotopic (exact) mass is 275 g/mol. The number of rotatable bonds is 2. The summed E-state index contributed by atoms with van der Waals surface area (Å²) in [5, 5.41) is 16.3. The Bertz CT molecular complexity index is 809. The molecule has 1 N–H and O–H groups in total. The maximum Gasteiger partial charge on any atom is 0.335 e. The first-order valence-corrected chi connectivity index (χ1v) is 5.61. The second-order valence-corrected chi connectivity index (χ2v) is 4.08. The van der Waals surface area contributed by atoms with E-state index < -0.39 is 17.6 Å². The Morgan fingerprint density at radius 1 is 1.15 bits per heavy atom. The normalized spacial score (nSPS) is 10.9. The number of hydrogen-bond acceptors (Lipinski definition) is 3. The van der Waals surface area contributed by atoms with Crippen molar-refractivity contribution in [3.63, 3.8) is 0 Å². The van der Waals surface area contributed by atoms with Gasteiger partial charge in [-0.1, -0.05) is 11.3 Å². The van der Waals surface area contributed by atoms with Gasteiger partial charge in [0, 0.05) is 0 Å². The van der Waals surface area contributed by atoms with Crippen LogP contribution in [0.2, 0.25) is 0 Å². The first-order chi connectivity index (χ1) is 9.58. The Hall–Kier alpha value is -2.83. The summed E-state index contributed by atoms with van der Waals surface area (Å²) in [6.07, 6.45) is 0. The van der Waals surface area contributed by atoms with Crippen molar-refractivity contribution in [2.75, 3.05) is 0 Å². The molecule has 0 atom stereocenters. The summed E-state index contributed by atoms with van der Waals surface area (Å²) < 4.78 is 28.5. The van der Waals surface area contributed by atoms with E-state index in [1.54, 1.807) is 0 Å². The highest BCUT2D eigenvalue weighted by atomic mass is 19.1. The van der Waals surface area contributed by atoms with Crippen molar-refractivity contribution in [2.45, 2.75) is 0 Å². The molecule has 20 heavy (non-hydrogen) atoms. The van der Waals surface area contributed by atoms with E-state index >= 15 is 0 Å². The number of fused-ring (bicyclic) bond motifs is 1. The van der Waals surface area contributed by atoms with E-state index in [1.165, 1.54) is 24.3 Å². The van der Waals surface area contributed by atoms with Crippen LogP contribution in [0.15, 0.2) is 36.4 Å². The molecule has 5 nitrogen and oxygen atoms in total. The Kier molecular flexibility index (Phi) is 2.67. The van der Waals surface area contributed by atoms with Crippen LogP contribution >= 0.6 is 0 Å². The Labute approximate surface area is 111 Å². The van der Waals surface area contributed by atoms with Gasteiger partial charge in [0.05, 0.1) is 11.1 Å². The van der Waals surface area contributed by atoms with E-state index in [2.05, 4.69) is 10.3 Å². The fourth-order valence-corrected chi connectivity index (χ4v) is 1.91. The predicted molar refractivity (Wildman–Crippen MR) is 65.7 cm³/mol. The summed E-state index contributed by atoms with van der Waals surface area (Å²) in [5.41, 5.74) is 0.239. The van der Waals surface area contributed by atoms with Crippen LogP contribution in [0.25, 0.3) is 16.7 Å². The minimum absolute atomic E-state index is 0.0264. The van der Waals surface area contributed by atoms with Gasteiger partial charge in [0.15, 0.2) is 11.6 Å². The van der Waals surface area contributed by atoms with Crippen molar-refractivity contribution in [2.24, 2.45) is 0 Å². The van der Waals surface area contributed by atoms with Gasteiger partial charge < -0.3 is 5.11 Å². The number of nitrogens with zero attached hydrogens (tertiary/aromatic N) is 3. The second kappa shape index (κ2) is 4.37. The molecule has 1 heterocycles. The number of hydrogen-bond donors (Lipinski definition) is 1. The van der Waals surface area contributed by atoms with Gasteiger partial charge >= 0.3 is 5.97 Å². The molecule has 2 aromatic carbocycles. The van der Waals surface area contributed by atoms with E-state index in [1.807, 2.05) is 0 Å². The summed E-state index contributed by atoms with van der Waals surface area (Å²) >= 11 is 0. The average Bonchev–Trinajstić information content (AvgIpc) is 2.81. The number of carbonyl (C=O) groups is 1. The molecule has 0 bridgehead atoms. The van der Waals surface area contributed by atoms with Crippen LogP contribution < -0.4 is 0 Å². The zero-order chi connectivity index (χ0) is 14.3. The molecule has 1 aromatic heterocycles. The highest BCUT2D eigenvalue weighted by molar-refractivity contribution is 5.92. The molecule has 7 heteroatoms. The summed E-state index contributed by atoms with van der Waals surface area (Å²) in [5.74, 6) is -2.67.